The summed E-state index contributed by atoms with van der Waals surface area (Å²) < 4.78 is 6.76. The smallest absolute Gasteiger partial charge is 0.310 e. The molecule has 0 saturated carbocycles. The van der Waals surface area contributed by atoms with Gasteiger partial charge in [-0.15, -0.1) is 10.2 Å². The molecule has 20 heavy (non-hydrogen) atoms. The lowest BCUT2D eigenvalue weighted by atomic mass is 9.99. The molecule has 1 fully saturated rings. The van der Waals surface area contributed by atoms with Gasteiger partial charge in [0.15, 0.2) is 5.82 Å². The van der Waals surface area contributed by atoms with E-state index in [1.807, 2.05) is 17.5 Å². The number of hydrogen-bond acceptors (Lipinski definition) is 6. The van der Waals surface area contributed by atoms with Gasteiger partial charge in [-0.05, 0) is 12.8 Å². The van der Waals surface area contributed by atoms with Crippen molar-refractivity contribution in [2.24, 2.45) is 11.8 Å². The van der Waals surface area contributed by atoms with E-state index >= 15 is 0 Å². The van der Waals surface area contributed by atoms with E-state index in [1.54, 1.807) is 6.20 Å². The first-order valence-electron chi connectivity index (χ1n) is 6.61. The fourth-order valence-electron chi connectivity index (χ4n) is 2.75. The van der Waals surface area contributed by atoms with Gasteiger partial charge in [-0.1, -0.05) is 6.92 Å². The highest BCUT2D eigenvalue weighted by molar-refractivity contribution is 5.75. The topological polar surface area (TPSA) is 72.6 Å². The molecule has 106 valence electrons. The molecule has 2 aromatic rings. The Morgan fingerprint density at radius 3 is 2.95 bits per heavy atom. The molecule has 1 aliphatic heterocycles. The second-order valence-electron chi connectivity index (χ2n) is 5.20. The van der Waals surface area contributed by atoms with Crippen molar-refractivity contribution in [1.82, 2.24) is 19.6 Å². The Hall–Kier alpha value is -2.18. The summed E-state index contributed by atoms with van der Waals surface area (Å²) in [6.45, 7) is 5.31. The van der Waals surface area contributed by atoms with Gasteiger partial charge in [-0.25, -0.2) is 4.98 Å². The number of hydrogen-bond donors (Lipinski definition) is 0. The van der Waals surface area contributed by atoms with Gasteiger partial charge in [0, 0.05) is 25.5 Å². The molecule has 0 spiro atoms. The van der Waals surface area contributed by atoms with Crippen molar-refractivity contribution >= 4 is 17.4 Å². The lowest BCUT2D eigenvalue weighted by molar-refractivity contribution is -0.145. The van der Waals surface area contributed by atoms with Crippen LogP contribution >= 0.6 is 0 Å². The minimum absolute atomic E-state index is 0.119. The third-order valence-corrected chi connectivity index (χ3v) is 3.89. The molecule has 3 rings (SSSR count). The summed E-state index contributed by atoms with van der Waals surface area (Å²) >= 11 is 0. The first-order chi connectivity index (χ1) is 9.61. The lowest BCUT2D eigenvalue weighted by Gasteiger charge is -2.17. The van der Waals surface area contributed by atoms with Crippen LogP contribution < -0.4 is 4.90 Å². The number of ether oxygens (including phenoxy) is 1. The van der Waals surface area contributed by atoms with Crippen molar-refractivity contribution in [2.75, 3.05) is 25.1 Å². The van der Waals surface area contributed by atoms with E-state index < -0.39 is 0 Å². The molecule has 2 unspecified atom stereocenters. The second kappa shape index (κ2) is 4.73. The fourth-order valence-corrected chi connectivity index (χ4v) is 2.75. The number of esters is 1. The highest BCUT2D eigenvalue weighted by atomic mass is 16.5. The lowest BCUT2D eigenvalue weighted by Crippen LogP contribution is -2.25. The van der Waals surface area contributed by atoms with E-state index in [4.69, 9.17) is 4.74 Å². The van der Waals surface area contributed by atoms with Crippen LogP contribution in [0.1, 0.15) is 12.7 Å². The summed E-state index contributed by atoms with van der Waals surface area (Å²) in [5.74, 6) is 1.54. The van der Waals surface area contributed by atoms with Gasteiger partial charge < -0.3 is 9.64 Å². The average Bonchev–Trinajstić information content (AvgIpc) is 3.02. The van der Waals surface area contributed by atoms with E-state index in [2.05, 4.69) is 27.0 Å². The van der Waals surface area contributed by atoms with Crippen molar-refractivity contribution in [1.29, 1.82) is 0 Å². The van der Waals surface area contributed by atoms with Crippen molar-refractivity contribution in [3.05, 3.63) is 18.2 Å². The number of fused-ring (bicyclic) bond motifs is 1. The van der Waals surface area contributed by atoms with Gasteiger partial charge in [0.25, 0.3) is 0 Å². The largest absolute Gasteiger partial charge is 0.469 e. The second-order valence-corrected chi connectivity index (χ2v) is 5.20. The molecular formula is C13H17N5O2. The molecule has 7 nitrogen and oxygen atoms in total. The summed E-state index contributed by atoms with van der Waals surface area (Å²) in [7, 11) is 1.43. The predicted octanol–water partition coefficient (Wildman–Crippen LogP) is 0.678. The number of carbonyl (C=O) groups excluding carboxylic acids is 1. The standard InChI is InChI=1S/C13H17N5O2/c1-8-6-17(7-10(8)13(19)20-3)11-12-16-15-9(2)18(12)5-4-14-11/h4-5,8,10H,6-7H2,1-3H3. The van der Waals surface area contributed by atoms with E-state index in [-0.39, 0.29) is 17.8 Å². The monoisotopic (exact) mass is 275 g/mol. The molecular weight excluding hydrogens is 258 g/mol. The van der Waals surface area contributed by atoms with Gasteiger partial charge >= 0.3 is 5.97 Å². The number of aryl methyl sites for hydroxylation is 1. The summed E-state index contributed by atoms with van der Waals surface area (Å²) in [4.78, 5) is 18.3. The maximum atomic E-state index is 11.8. The van der Waals surface area contributed by atoms with Crippen LogP contribution in [0.25, 0.3) is 5.65 Å². The van der Waals surface area contributed by atoms with Crippen LogP contribution in [-0.4, -0.2) is 45.8 Å². The number of aromatic nitrogens is 4. The molecule has 2 aromatic heterocycles. The maximum Gasteiger partial charge on any atom is 0.310 e. The van der Waals surface area contributed by atoms with Crippen LogP contribution in [0.5, 0.6) is 0 Å². The Labute approximate surface area is 116 Å². The first kappa shape index (κ1) is 12.8. The van der Waals surface area contributed by atoms with Gasteiger partial charge in [0.05, 0.1) is 13.0 Å². The zero-order valence-corrected chi connectivity index (χ0v) is 11.8. The molecule has 0 aromatic carbocycles. The van der Waals surface area contributed by atoms with Gasteiger partial charge in [0.2, 0.25) is 5.65 Å². The Kier molecular flexibility index (Phi) is 3.04. The van der Waals surface area contributed by atoms with Crippen LogP contribution in [0.4, 0.5) is 5.82 Å². The normalized spacial score (nSPS) is 22.4. The van der Waals surface area contributed by atoms with E-state index in [9.17, 15) is 4.79 Å². The molecule has 2 atom stereocenters. The molecule has 7 heteroatoms. The van der Waals surface area contributed by atoms with E-state index in [1.165, 1.54) is 7.11 Å². The van der Waals surface area contributed by atoms with Crippen LogP contribution in [0.3, 0.4) is 0 Å². The number of anilines is 1. The summed E-state index contributed by atoms with van der Waals surface area (Å²) in [6, 6.07) is 0. The molecule has 0 bridgehead atoms. The zero-order chi connectivity index (χ0) is 14.3. The van der Waals surface area contributed by atoms with Crippen molar-refractivity contribution < 1.29 is 9.53 Å². The molecule has 0 radical (unpaired) electrons. The molecule has 0 N–H and O–H groups in total. The number of methoxy groups -OCH3 is 1. The third kappa shape index (κ3) is 1.90. The zero-order valence-electron chi connectivity index (χ0n) is 11.8. The minimum atomic E-state index is -0.162. The number of nitrogens with zero attached hydrogens (tertiary/aromatic N) is 5. The number of rotatable bonds is 2. The molecule has 3 heterocycles. The molecule has 1 saturated heterocycles. The van der Waals surface area contributed by atoms with Crippen LogP contribution in [0.15, 0.2) is 12.4 Å². The minimum Gasteiger partial charge on any atom is -0.469 e. The van der Waals surface area contributed by atoms with E-state index in [0.29, 0.717) is 6.54 Å². The molecule has 0 amide bonds. The Morgan fingerprint density at radius 1 is 1.40 bits per heavy atom. The van der Waals surface area contributed by atoms with Crippen LogP contribution in [0.2, 0.25) is 0 Å². The average molecular weight is 275 g/mol. The van der Waals surface area contributed by atoms with Crippen LogP contribution in [-0.2, 0) is 9.53 Å². The van der Waals surface area contributed by atoms with Gasteiger partial charge in [-0.2, -0.15) is 0 Å². The first-order valence-corrected chi connectivity index (χ1v) is 6.61. The van der Waals surface area contributed by atoms with Crippen LogP contribution in [0, 0.1) is 18.8 Å². The SMILES string of the molecule is COC(=O)C1CN(c2nccn3c(C)nnc23)CC1C. The van der Waals surface area contributed by atoms with Gasteiger partial charge in [-0.3, -0.25) is 9.20 Å². The highest BCUT2D eigenvalue weighted by Gasteiger charge is 2.37. The summed E-state index contributed by atoms with van der Waals surface area (Å²) in [6.07, 6.45) is 3.57. The Morgan fingerprint density at radius 2 is 2.20 bits per heavy atom. The highest BCUT2D eigenvalue weighted by Crippen LogP contribution is 2.29. The third-order valence-electron chi connectivity index (χ3n) is 3.89. The summed E-state index contributed by atoms with van der Waals surface area (Å²) in [5.41, 5.74) is 0.725. The van der Waals surface area contributed by atoms with Gasteiger partial charge in [0.1, 0.15) is 5.82 Å². The quantitative estimate of drug-likeness (QED) is 0.750. The fraction of sp³-hybridized carbons (Fsp3) is 0.538. The Bertz CT molecular complexity index is 653. The van der Waals surface area contributed by atoms with Crippen molar-refractivity contribution in [3.63, 3.8) is 0 Å². The number of carbonyl (C=O) groups is 1. The maximum absolute atomic E-state index is 11.8. The molecule has 1 aliphatic rings. The summed E-state index contributed by atoms with van der Waals surface area (Å²) in [5, 5.41) is 8.24. The predicted molar refractivity (Wildman–Crippen MR) is 72.4 cm³/mol. The Balaban J connectivity index is 1.95. The molecule has 0 aliphatic carbocycles. The van der Waals surface area contributed by atoms with E-state index in [0.717, 1.165) is 23.8 Å². The van der Waals surface area contributed by atoms with Crippen molar-refractivity contribution in [3.8, 4) is 0 Å². The van der Waals surface area contributed by atoms with Crippen molar-refractivity contribution in [2.45, 2.75) is 13.8 Å².